The molecule has 1 N–H and O–H groups in total. The highest BCUT2D eigenvalue weighted by atomic mass is 35.5. The summed E-state index contributed by atoms with van der Waals surface area (Å²) in [5.74, 6) is 0.0460. The summed E-state index contributed by atoms with van der Waals surface area (Å²) in [6, 6.07) is 2.97. The SMILES string of the molecule is CCS(=O)(=O)CCCNc1cc(C(F)(F)F)ccc1Cl. The van der Waals surface area contributed by atoms with Crippen LogP contribution in [0.4, 0.5) is 18.9 Å². The van der Waals surface area contributed by atoms with Gasteiger partial charge < -0.3 is 5.32 Å². The molecule has 3 nitrogen and oxygen atoms in total. The first-order valence-electron chi connectivity index (χ1n) is 5.97. The first-order valence-corrected chi connectivity index (χ1v) is 8.16. The number of sulfone groups is 1. The maximum atomic E-state index is 12.5. The van der Waals surface area contributed by atoms with E-state index in [0.29, 0.717) is 6.42 Å². The van der Waals surface area contributed by atoms with Crippen molar-refractivity contribution in [3.8, 4) is 0 Å². The van der Waals surface area contributed by atoms with Crippen molar-refractivity contribution in [2.24, 2.45) is 0 Å². The van der Waals surface area contributed by atoms with Gasteiger partial charge in [0.1, 0.15) is 9.84 Å². The normalized spacial score (nSPS) is 12.4. The number of hydrogen-bond acceptors (Lipinski definition) is 3. The van der Waals surface area contributed by atoms with Crippen LogP contribution in [0, 0.1) is 0 Å². The Morgan fingerprint density at radius 3 is 2.50 bits per heavy atom. The molecular formula is C12H15ClF3NO2S. The number of alkyl halides is 3. The third kappa shape index (κ3) is 5.20. The summed E-state index contributed by atoms with van der Waals surface area (Å²) < 4.78 is 60.1. The molecule has 0 bridgehead atoms. The van der Waals surface area contributed by atoms with E-state index in [-0.39, 0.29) is 28.8 Å². The molecule has 0 fully saturated rings. The van der Waals surface area contributed by atoms with E-state index in [1.807, 2.05) is 0 Å². The van der Waals surface area contributed by atoms with Gasteiger partial charge in [0.2, 0.25) is 0 Å². The molecule has 0 spiro atoms. The standard InChI is InChI=1S/C12H15ClF3NO2S/c1-2-20(18,19)7-3-6-17-11-8-9(12(14,15)16)4-5-10(11)13/h4-5,8,17H,2-3,6-7H2,1H3. The molecule has 0 saturated heterocycles. The van der Waals surface area contributed by atoms with E-state index in [2.05, 4.69) is 5.32 Å². The second-order valence-electron chi connectivity index (χ2n) is 4.21. The topological polar surface area (TPSA) is 46.2 Å². The molecule has 0 aliphatic rings. The van der Waals surface area contributed by atoms with Gasteiger partial charge in [0, 0.05) is 12.3 Å². The Hall–Kier alpha value is -0.950. The van der Waals surface area contributed by atoms with Crippen LogP contribution in [-0.4, -0.2) is 26.5 Å². The van der Waals surface area contributed by atoms with Gasteiger partial charge in [-0.25, -0.2) is 8.42 Å². The number of hydrogen-bond donors (Lipinski definition) is 1. The van der Waals surface area contributed by atoms with Gasteiger partial charge in [-0.3, -0.25) is 0 Å². The van der Waals surface area contributed by atoms with Gasteiger partial charge in [0.05, 0.1) is 22.0 Å². The second kappa shape index (κ2) is 6.67. The van der Waals surface area contributed by atoms with E-state index < -0.39 is 21.6 Å². The summed E-state index contributed by atoms with van der Waals surface area (Å²) in [7, 11) is -3.07. The van der Waals surface area contributed by atoms with Gasteiger partial charge >= 0.3 is 6.18 Å². The van der Waals surface area contributed by atoms with Crippen molar-refractivity contribution >= 4 is 27.1 Å². The van der Waals surface area contributed by atoms with Crippen molar-refractivity contribution in [2.75, 3.05) is 23.4 Å². The Morgan fingerprint density at radius 1 is 1.30 bits per heavy atom. The van der Waals surface area contributed by atoms with Crippen LogP contribution < -0.4 is 5.32 Å². The third-order valence-corrected chi connectivity index (χ3v) is 4.80. The Morgan fingerprint density at radius 2 is 1.95 bits per heavy atom. The van der Waals surface area contributed by atoms with Gasteiger partial charge in [-0.05, 0) is 24.6 Å². The maximum Gasteiger partial charge on any atom is 0.416 e. The molecule has 0 aromatic heterocycles. The summed E-state index contributed by atoms with van der Waals surface area (Å²) in [5, 5.41) is 2.89. The van der Waals surface area contributed by atoms with Gasteiger partial charge in [-0.2, -0.15) is 13.2 Å². The Balaban J connectivity index is 2.64. The lowest BCUT2D eigenvalue weighted by Crippen LogP contribution is -2.13. The second-order valence-corrected chi connectivity index (χ2v) is 7.09. The van der Waals surface area contributed by atoms with Crippen LogP contribution in [0.1, 0.15) is 18.9 Å². The van der Waals surface area contributed by atoms with Crippen molar-refractivity contribution in [3.05, 3.63) is 28.8 Å². The highest BCUT2D eigenvalue weighted by Gasteiger charge is 2.30. The highest BCUT2D eigenvalue weighted by molar-refractivity contribution is 7.91. The van der Waals surface area contributed by atoms with E-state index in [1.165, 1.54) is 0 Å². The van der Waals surface area contributed by atoms with Crippen LogP contribution in [0.15, 0.2) is 18.2 Å². The lowest BCUT2D eigenvalue weighted by atomic mass is 10.2. The first kappa shape index (κ1) is 17.1. The molecule has 0 aliphatic heterocycles. The quantitative estimate of drug-likeness (QED) is 0.811. The molecule has 0 atom stereocenters. The molecule has 0 saturated carbocycles. The van der Waals surface area contributed by atoms with Gasteiger partial charge in [0.25, 0.3) is 0 Å². The fraction of sp³-hybridized carbons (Fsp3) is 0.500. The summed E-state index contributed by atoms with van der Waals surface area (Å²) >= 11 is 5.79. The zero-order chi connectivity index (χ0) is 15.4. The summed E-state index contributed by atoms with van der Waals surface area (Å²) in [5.41, 5.74) is -0.652. The van der Waals surface area contributed by atoms with Gasteiger partial charge in [0.15, 0.2) is 0 Å². The number of nitrogens with one attached hydrogen (secondary N) is 1. The fourth-order valence-electron chi connectivity index (χ4n) is 1.50. The van der Waals surface area contributed by atoms with E-state index in [0.717, 1.165) is 18.2 Å². The van der Waals surface area contributed by atoms with Gasteiger partial charge in [-0.1, -0.05) is 18.5 Å². The lowest BCUT2D eigenvalue weighted by Gasteiger charge is -2.12. The van der Waals surface area contributed by atoms with Gasteiger partial charge in [-0.15, -0.1) is 0 Å². The number of anilines is 1. The van der Waals surface area contributed by atoms with Crippen LogP contribution in [0.25, 0.3) is 0 Å². The van der Waals surface area contributed by atoms with Crippen LogP contribution in [0.5, 0.6) is 0 Å². The molecule has 1 aromatic rings. The van der Waals surface area contributed by atoms with Crippen molar-refractivity contribution in [2.45, 2.75) is 19.5 Å². The van der Waals surface area contributed by atoms with Crippen LogP contribution in [0.3, 0.4) is 0 Å². The van der Waals surface area contributed by atoms with Crippen LogP contribution in [-0.2, 0) is 16.0 Å². The third-order valence-electron chi connectivity index (χ3n) is 2.68. The lowest BCUT2D eigenvalue weighted by molar-refractivity contribution is -0.137. The predicted molar refractivity (Wildman–Crippen MR) is 73.9 cm³/mol. The van der Waals surface area contributed by atoms with E-state index in [1.54, 1.807) is 6.92 Å². The highest BCUT2D eigenvalue weighted by Crippen LogP contribution is 2.33. The number of halogens is 4. The molecule has 0 radical (unpaired) electrons. The molecule has 20 heavy (non-hydrogen) atoms. The molecule has 0 unspecified atom stereocenters. The molecule has 114 valence electrons. The smallest absolute Gasteiger partial charge is 0.384 e. The summed E-state index contributed by atoms with van der Waals surface area (Å²) in [6.07, 6.45) is -4.13. The molecule has 8 heteroatoms. The Labute approximate surface area is 121 Å². The molecule has 1 aromatic carbocycles. The monoisotopic (exact) mass is 329 g/mol. The number of benzene rings is 1. The minimum Gasteiger partial charge on any atom is -0.384 e. The number of rotatable bonds is 6. The van der Waals surface area contributed by atoms with Crippen LogP contribution in [0.2, 0.25) is 5.02 Å². The molecular weight excluding hydrogens is 315 g/mol. The Bertz CT molecular complexity index is 558. The maximum absolute atomic E-state index is 12.5. The first-order chi connectivity index (χ1) is 9.15. The van der Waals surface area contributed by atoms with Crippen molar-refractivity contribution in [1.82, 2.24) is 0 Å². The predicted octanol–water partition coefficient (Wildman–Crippen LogP) is 3.60. The Kier molecular flexibility index (Phi) is 5.70. The zero-order valence-electron chi connectivity index (χ0n) is 10.8. The van der Waals surface area contributed by atoms with E-state index >= 15 is 0 Å². The largest absolute Gasteiger partial charge is 0.416 e. The molecule has 1 rings (SSSR count). The van der Waals surface area contributed by atoms with E-state index in [4.69, 9.17) is 11.6 Å². The average molecular weight is 330 g/mol. The summed E-state index contributed by atoms with van der Waals surface area (Å²) in [4.78, 5) is 0. The minimum absolute atomic E-state index is 0.00686. The minimum atomic E-state index is -4.44. The fourth-order valence-corrected chi connectivity index (χ4v) is 2.55. The van der Waals surface area contributed by atoms with Crippen molar-refractivity contribution < 1.29 is 21.6 Å². The zero-order valence-corrected chi connectivity index (χ0v) is 12.4. The van der Waals surface area contributed by atoms with Crippen molar-refractivity contribution in [3.63, 3.8) is 0 Å². The molecule has 0 amide bonds. The van der Waals surface area contributed by atoms with Crippen LogP contribution >= 0.6 is 11.6 Å². The average Bonchev–Trinajstić information content (AvgIpc) is 2.35. The molecule has 0 heterocycles. The summed E-state index contributed by atoms with van der Waals surface area (Å²) in [6.45, 7) is 1.78. The van der Waals surface area contributed by atoms with E-state index in [9.17, 15) is 21.6 Å². The molecule has 0 aliphatic carbocycles. The van der Waals surface area contributed by atoms with Crippen molar-refractivity contribution in [1.29, 1.82) is 0 Å².